The lowest BCUT2D eigenvalue weighted by molar-refractivity contribution is -0.124. The molecule has 2 unspecified atom stereocenters. The van der Waals surface area contributed by atoms with Crippen LogP contribution in [0.15, 0.2) is 30.3 Å². The first-order valence-corrected chi connectivity index (χ1v) is 10.5. The van der Waals surface area contributed by atoms with Crippen LogP contribution in [0.1, 0.15) is 59.4 Å². The van der Waals surface area contributed by atoms with Crippen molar-refractivity contribution in [3.05, 3.63) is 51.2 Å². The average molecular weight is 403 g/mol. The Morgan fingerprint density at radius 3 is 2.36 bits per heavy atom. The molecule has 28 heavy (non-hydrogen) atoms. The summed E-state index contributed by atoms with van der Waals surface area (Å²) in [6, 6.07) is 8.41. The number of para-hydroxylation sites is 1. The van der Waals surface area contributed by atoms with Gasteiger partial charge in [-0.25, -0.2) is 0 Å². The first kappa shape index (κ1) is 22.0. The van der Waals surface area contributed by atoms with E-state index in [2.05, 4.69) is 30.5 Å². The molecule has 6 heteroatoms. The summed E-state index contributed by atoms with van der Waals surface area (Å²) >= 11 is 1.72. The van der Waals surface area contributed by atoms with Gasteiger partial charge in [-0.05, 0) is 57.4 Å². The van der Waals surface area contributed by atoms with Gasteiger partial charge >= 0.3 is 0 Å². The van der Waals surface area contributed by atoms with Crippen molar-refractivity contribution in [3.63, 3.8) is 0 Å². The van der Waals surface area contributed by atoms with E-state index in [-0.39, 0.29) is 23.8 Å². The molecule has 0 saturated carbocycles. The lowest BCUT2D eigenvalue weighted by Gasteiger charge is -2.24. The zero-order chi connectivity index (χ0) is 20.8. The predicted octanol–water partition coefficient (Wildman–Crippen LogP) is 4.40. The van der Waals surface area contributed by atoms with Crippen LogP contribution in [-0.4, -0.2) is 24.5 Å². The Hall–Kier alpha value is -2.34. The number of ether oxygens (including phenoxy) is 1. The highest BCUT2D eigenvalue weighted by molar-refractivity contribution is 7.12. The van der Waals surface area contributed by atoms with Crippen molar-refractivity contribution in [3.8, 4) is 5.75 Å². The third-order valence-electron chi connectivity index (χ3n) is 4.57. The minimum atomic E-state index is -0.635. The molecule has 0 spiro atoms. The molecule has 2 N–H and O–H groups in total. The van der Waals surface area contributed by atoms with Gasteiger partial charge in [0.25, 0.3) is 5.91 Å². The largest absolute Gasteiger partial charge is 0.493 e. The molecule has 2 aromatic rings. The van der Waals surface area contributed by atoms with Crippen LogP contribution in [0.25, 0.3) is 0 Å². The number of hydrogen-bond acceptors (Lipinski definition) is 4. The SMILES string of the molecule is CCOc1ccccc1C(=O)NC(C(=O)NC(C)c1cc(C)sc1C)C(C)C. The second-order valence-corrected chi connectivity index (χ2v) is 8.68. The molecule has 0 aliphatic carbocycles. The molecule has 0 saturated heterocycles. The molecule has 5 nitrogen and oxygen atoms in total. The normalized spacial score (nSPS) is 13.1. The molecule has 1 aromatic carbocycles. The predicted molar refractivity (Wildman–Crippen MR) is 114 cm³/mol. The monoisotopic (exact) mass is 402 g/mol. The zero-order valence-corrected chi connectivity index (χ0v) is 18.3. The van der Waals surface area contributed by atoms with Gasteiger partial charge in [-0.15, -0.1) is 11.3 Å². The minimum absolute atomic E-state index is 0.0549. The number of benzene rings is 1. The van der Waals surface area contributed by atoms with Crippen LogP contribution in [0.5, 0.6) is 5.75 Å². The second-order valence-electron chi connectivity index (χ2n) is 7.22. The molecule has 0 bridgehead atoms. The summed E-state index contributed by atoms with van der Waals surface area (Å²) in [7, 11) is 0. The Kier molecular flexibility index (Phi) is 7.63. The first-order valence-electron chi connectivity index (χ1n) is 9.64. The first-order chi connectivity index (χ1) is 13.2. The quantitative estimate of drug-likeness (QED) is 0.688. The van der Waals surface area contributed by atoms with Crippen molar-refractivity contribution in [1.82, 2.24) is 10.6 Å². The number of carbonyl (C=O) groups is 2. The van der Waals surface area contributed by atoms with Gasteiger partial charge < -0.3 is 15.4 Å². The number of amides is 2. The van der Waals surface area contributed by atoms with Gasteiger partial charge in [-0.1, -0.05) is 26.0 Å². The van der Waals surface area contributed by atoms with Crippen molar-refractivity contribution >= 4 is 23.2 Å². The van der Waals surface area contributed by atoms with Crippen molar-refractivity contribution < 1.29 is 14.3 Å². The summed E-state index contributed by atoms with van der Waals surface area (Å²) in [6.45, 7) is 12.3. The van der Waals surface area contributed by atoms with E-state index in [1.807, 2.05) is 33.8 Å². The summed E-state index contributed by atoms with van der Waals surface area (Å²) in [5.74, 6) is -0.0371. The number of hydrogen-bond donors (Lipinski definition) is 2. The van der Waals surface area contributed by atoms with Crippen molar-refractivity contribution in [2.75, 3.05) is 6.61 Å². The van der Waals surface area contributed by atoms with E-state index < -0.39 is 6.04 Å². The Balaban J connectivity index is 2.13. The third kappa shape index (κ3) is 5.35. The lowest BCUT2D eigenvalue weighted by Crippen LogP contribution is -2.50. The van der Waals surface area contributed by atoms with Crippen molar-refractivity contribution in [1.29, 1.82) is 0 Å². The van der Waals surface area contributed by atoms with Gasteiger partial charge in [-0.3, -0.25) is 9.59 Å². The Labute approximate surface area is 171 Å². The van der Waals surface area contributed by atoms with Crippen LogP contribution < -0.4 is 15.4 Å². The number of rotatable bonds is 8. The van der Waals surface area contributed by atoms with E-state index in [4.69, 9.17) is 4.74 Å². The van der Waals surface area contributed by atoms with E-state index in [0.29, 0.717) is 17.9 Å². The van der Waals surface area contributed by atoms with Gasteiger partial charge in [0.2, 0.25) is 5.91 Å². The summed E-state index contributed by atoms with van der Waals surface area (Å²) in [6.07, 6.45) is 0. The maximum Gasteiger partial charge on any atom is 0.255 e. The maximum atomic E-state index is 12.9. The molecule has 0 aliphatic rings. The highest BCUT2D eigenvalue weighted by Gasteiger charge is 2.27. The minimum Gasteiger partial charge on any atom is -0.493 e. The molecular formula is C22H30N2O3S. The molecule has 0 aliphatic heterocycles. The fraction of sp³-hybridized carbons (Fsp3) is 0.455. The molecule has 152 valence electrons. The van der Waals surface area contributed by atoms with E-state index in [9.17, 15) is 9.59 Å². The van der Waals surface area contributed by atoms with Crippen LogP contribution in [0.4, 0.5) is 0 Å². The molecule has 1 heterocycles. The molecule has 2 amide bonds. The smallest absolute Gasteiger partial charge is 0.255 e. The highest BCUT2D eigenvalue weighted by Crippen LogP contribution is 2.26. The van der Waals surface area contributed by atoms with Crippen LogP contribution in [0.3, 0.4) is 0 Å². The number of carbonyl (C=O) groups excluding carboxylic acids is 2. The Bertz CT molecular complexity index is 829. The molecular weight excluding hydrogens is 372 g/mol. The summed E-state index contributed by atoms with van der Waals surface area (Å²) < 4.78 is 5.54. The summed E-state index contributed by atoms with van der Waals surface area (Å²) in [5.41, 5.74) is 1.55. The fourth-order valence-corrected chi connectivity index (χ4v) is 4.17. The van der Waals surface area contributed by atoms with E-state index in [0.717, 1.165) is 5.56 Å². The van der Waals surface area contributed by atoms with Crippen LogP contribution in [0, 0.1) is 19.8 Å². The lowest BCUT2D eigenvalue weighted by atomic mass is 10.0. The van der Waals surface area contributed by atoms with E-state index in [1.54, 1.807) is 29.5 Å². The average Bonchev–Trinajstić information content (AvgIpc) is 2.98. The van der Waals surface area contributed by atoms with Gasteiger partial charge in [0.15, 0.2) is 0 Å². The van der Waals surface area contributed by atoms with Crippen LogP contribution in [-0.2, 0) is 4.79 Å². The van der Waals surface area contributed by atoms with Gasteiger partial charge in [-0.2, -0.15) is 0 Å². The van der Waals surface area contributed by atoms with Crippen LogP contribution in [0.2, 0.25) is 0 Å². The summed E-state index contributed by atoms with van der Waals surface area (Å²) in [5, 5.41) is 5.93. The van der Waals surface area contributed by atoms with Crippen molar-refractivity contribution in [2.45, 2.75) is 53.6 Å². The van der Waals surface area contributed by atoms with Gasteiger partial charge in [0.05, 0.1) is 18.2 Å². The Morgan fingerprint density at radius 1 is 1.11 bits per heavy atom. The molecule has 2 atom stereocenters. The van der Waals surface area contributed by atoms with E-state index in [1.165, 1.54) is 9.75 Å². The van der Waals surface area contributed by atoms with E-state index >= 15 is 0 Å². The molecule has 2 rings (SSSR count). The topological polar surface area (TPSA) is 67.4 Å². The fourth-order valence-electron chi connectivity index (χ4n) is 3.15. The molecule has 0 radical (unpaired) electrons. The molecule has 0 fully saturated rings. The number of thiophene rings is 1. The van der Waals surface area contributed by atoms with Gasteiger partial charge in [0, 0.05) is 9.75 Å². The second kappa shape index (κ2) is 9.73. The van der Waals surface area contributed by atoms with Gasteiger partial charge in [0.1, 0.15) is 11.8 Å². The molecule has 1 aromatic heterocycles. The number of aryl methyl sites for hydroxylation is 2. The number of nitrogens with one attached hydrogen (secondary N) is 2. The maximum absolute atomic E-state index is 12.9. The Morgan fingerprint density at radius 2 is 1.79 bits per heavy atom. The van der Waals surface area contributed by atoms with Crippen LogP contribution >= 0.6 is 11.3 Å². The van der Waals surface area contributed by atoms with Crippen molar-refractivity contribution in [2.24, 2.45) is 5.92 Å². The third-order valence-corrected chi connectivity index (χ3v) is 5.55. The standard InChI is InChI=1S/C22H30N2O3S/c1-7-27-19-11-9-8-10-17(19)21(25)24-20(13(2)3)22(26)23-15(5)18-12-14(4)28-16(18)6/h8-13,15,20H,7H2,1-6H3,(H,23,26)(H,24,25). The summed E-state index contributed by atoms with van der Waals surface area (Å²) in [4.78, 5) is 28.1. The zero-order valence-electron chi connectivity index (χ0n) is 17.5. The highest BCUT2D eigenvalue weighted by atomic mass is 32.1.